The van der Waals surface area contributed by atoms with Crippen LogP contribution in [0.25, 0.3) is 0 Å². The fraction of sp³-hybridized carbons (Fsp3) is 0.833. The molecule has 0 unspecified atom stereocenters. The minimum Gasteiger partial charge on any atom is -0.395 e. The highest BCUT2D eigenvalue weighted by Gasteiger charge is 2.63. The second kappa shape index (κ2) is 8.10. The molecule has 4 rings (SSSR count). The molecular formula is C30H48O2. The number of hydrogen-bond acceptors (Lipinski definition) is 2. The first-order valence-corrected chi connectivity index (χ1v) is 13.4. The molecule has 2 nitrogen and oxygen atoms in total. The molecule has 0 saturated heterocycles. The van der Waals surface area contributed by atoms with Crippen LogP contribution in [0.15, 0.2) is 22.8 Å². The average molecular weight is 441 g/mol. The molecule has 32 heavy (non-hydrogen) atoms. The van der Waals surface area contributed by atoms with Gasteiger partial charge in [0.15, 0.2) is 0 Å². The van der Waals surface area contributed by atoms with Crippen LogP contribution in [0.1, 0.15) is 113 Å². The molecule has 180 valence electrons. The van der Waals surface area contributed by atoms with E-state index in [1.54, 1.807) is 11.1 Å². The zero-order chi connectivity index (χ0) is 23.5. The second-order valence-electron chi connectivity index (χ2n) is 13.2. The van der Waals surface area contributed by atoms with Gasteiger partial charge in [-0.3, -0.25) is 4.79 Å². The quantitative estimate of drug-likeness (QED) is 0.445. The SMILES string of the molecule is CC(C)=CCC[C@@H](C)[C@H]1CC[C@@]2(C)C3=C(CC[C@]12C)[C@@]1(C)CCC(=O)[C@@](C)(CO)[C@@H]1CC3. The van der Waals surface area contributed by atoms with Crippen molar-refractivity contribution in [3.63, 3.8) is 0 Å². The molecule has 7 atom stereocenters. The first-order chi connectivity index (χ1) is 14.9. The van der Waals surface area contributed by atoms with Crippen molar-refractivity contribution < 1.29 is 9.90 Å². The highest BCUT2D eigenvalue weighted by Crippen LogP contribution is 2.72. The molecule has 0 heterocycles. The molecule has 2 fully saturated rings. The molecule has 0 aliphatic heterocycles. The van der Waals surface area contributed by atoms with E-state index in [-0.39, 0.29) is 12.0 Å². The van der Waals surface area contributed by atoms with Crippen LogP contribution < -0.4 is 0 Å². The van der Waals surface area contributed by atoms with Crippen LogP contribution in [-0.4, -0.2) is 17.5 Å². The fourth-order valence-electron chi connectivity index (χ4n) is 9.30. The van der Waals surface area contributed by atoms with Crippen LogP contribution in [0.2, 0.25) is 0 Å². The zero-order valence-corrected chi connectivity index (χ0v) is 21.9. The first kappa shape index (κ1) is 24.2. The van der Waals surface area contributed by atoms with Gasteiger partial charge in [0.2, 0.25) is 0 Å². The van der Waals surface area contributed by atoms with E-state index < -0.39 is 5.41 Å². The topological polar surface area (TPSA) is 37.3 Å². The number of rotatable bonds is 5. The molecule has 0 spiro atoms. The lowest BCUT2D eigenvalue weighted by atomic mass is 9.43. The number of aliphatic hydroxyl groups is 1. The molecule has 4 aliphatic rings. The number of ketones is 1. The molecule has 2 heteroatoms. The van der Waals surface area contributed by atoms with Crippen molar-refractivity contribution in [2.45, 2.75) is 113 Å². The molecule has 1 N–H and O–H groups in total. The summed E-state index contributed by atoms with van der Waals surface area (Å²) in [7, 11) is 0. The number of Topliss-reactive ketones (excluding diaryl/α,β-unsaturated/α-hetero) is 1. The summed E-state index contributed by atoms with van der Waals surface area (Å²) in [6.07, 6.45) is 14.0. The summed E-state index contributed by atoms with van der Waals surface area (Å²) in [5, 5.41) is 10.3. The van der Waals surface area contributed by atoms with E-state index in [2.05, 4.69) is 54.5 Å². The van der Waals surface area contributed by atoms with Gasteiger partial charge in [-0.2, -0.15) is 0 Å². The number of carbonyl (C=O) groups is 1. The predicted molar refractivity (Wildman–Crippen MR) is 133 cm³/mol. The van der Waals surface area contributed by atoms with E-state index in [4.69, 9.17) is 0 Å². The summed E-state index contributed by atoms with van der Waals surface area (Å²) in [5.41, 5.74) is 5.17. The largest absolute Gasteiger partial charge is 0.395 e. The van der Waals surface area contributed by atoms with Crippen molar-refractivity contribution in [2.75, 3.05) is 6.61 Å². The Morgan fingerprint density at radius 2 is 1.75 bits per heavy atom. The van der Waals surface area contributed by atoms with Crippen molar-refractivity contribution >= 4 is 5.78 Å². The number of fused-ring (bicyclic) bond motifs is 4. The first-order valence-electron chi connectivity index (χ1n) is 13.4. The standard InChI is InChI=1S/C30H48O2/c1-20(2)9-8-10-21(3)22-13-17-30(7)24-11-12-25-27(4,23(24)14-18-29(22,30)6)16-15-26(32)28(25,5)19-31/h9,21-22,25,31H,8,10-19H2,1-7H3/t21-,22-,25-,27-,28+,29-,30+/m1/s1. The molecule has 0 aromatic rings. The summed E-state index contributed by atoms with van der Waals surface area (Å²) in [5.74, 6) is 2.18. The molecule has 2 saturated carbocycles. The Labute approximate surface area is 197 Å². The van der Waals surface area contributed by atoms with E-state index in [1.165, 1.54) is 44.1 Å². The highest BCUT2D eigenvalue weighted by atomic mass is 16.3. The summed E-state index contributed by atoms with van der Waals surface area (Å²) < 4.78 is 0. The predicted octanol–water partition coefficient (Wildman–Crippen LogP) is 7.66. The van der Waals surface area contributed by atoms with Crippen LogP contribution in [0.4, 0.5) is 0 Å². The van der Waals surface area contributed by atoms with Gasteiger partial charge in [-0.1, -0.05) is 57.4 Å². The van der Waals surface area contributed by atoms with Gasteiger partial charge in [-0.05, 0) is 106 Å². The second-order valence-corrected chi connectivity index (χ2v) is 13.2. The summed E-state index contributed by atoms with van der Waals surface area (Å²) >= 11 is 0. The summed E-state index contributed by atoms with van der Waals surface area (Å²) in [6, 6.07) is 0. The average Bonchev–Trinajstić information content (AvgIpc) is 3.02. The Kier molecular flexibility index (Phi) is 6.14. The fourth-order valence-corrected chi connectivity index (χ4v) is 9.30. The van der Waals surface area contributed by atoms with Crippen molar-refractivity contribution in [1.29, 1.82) is 0 Å². The van der Waals surface area contributed by atoms with Crippen molar-refractivity contribution in [3.8, 4) is 0 Å². The van der Waals surface area contributed by atoms with Gasteiger partial charge < -0.3 is 5.11 Å². The lowest BCUT2D eigenvalue weighted by Gasteiger charge is -2.61. The van der Waals surface area contributed by atoms with Gasteiger partial charge in [-0.25, -0.2) is 0 Å². The third kappa shape index (κ3) is 3.25. The van der Waals surface area contributed by atoms with Crippen LogP contribution in [0, 0.1) is 39.4 Å². The molecular weight excluding hydrogens is 392 g/mol. The van der Waals surface area contributed by atoms with Crippen molar-refractivity contribution in [2.24, 2.45) is 39.4 Å². The Morgan fingerprint density at radius 1 is 1.03 bits per heavy atom. The van der Waals surface area contributed by atoms with Crippen molar-refractivity contribution in [3.05, 3.63) is 22.8 Å². The smallest absolute Gasteiger partial charge is 0.141 e. The van der Waals surface area contributed by atoms with E-state index >= 15 is 0 Å². The zero-order valence-electron chi connectivity index (χ0n) is 21.9. The molecule has 0 amide bonds. The monoisotopic (exact) mass is 440 g/mol. The summed E-state index contributed by atoms with van der Waals surface area (Å²) in [4.78, 5) is 12.9. The van der Waals surface area contributed by atoms with Gasteiger partial charge in [0.25, 0.3) is 0 Å². The number of carbonyl (C=O) groups excluding carboxylic acids is 1. The van der Waals surface area contributed by atoms with E-state index in [0.29, 0.717) is 29.0 Å². The Morgan fingerprint density at radius 3 is 2.41 bits per heavy atom. The van der Waals surface area contributed by atoms with Crippen LogP contribution in [-0.2, 0) is 4.79 Å². The maximum Gasteiger partial charge on any atom is 0.141 e. The van der Waals surface area contributed by atoms with Crippen LogP contribution in [0.5, 0.6) is 0 Å². The molecule has 0 aromatic carbocycles. The third-order valence-corrected chi connectivity index (χ3v) is 11.6. The molecule has 0 bridgehead atoms. The van der Waals surface area contributed by atoms with E-state index in [1.807, 2.05) is 0 Å². The van der Waals surface area contributed by atoms with Gasteiger partial charge in [0.1, 0.15) is 5.78 Å². The lowest BCUT2D eigenvalue weighted by molar-refractivity contribution is -0.145. The number of aliphatic hydroxyl groups excluding tert-OH is 1. The lowest BCUT2D eigenvalue weighted by Crippen LogP contribution is -2.56. The van der Waals surface area contributed by atoms with E-state index in [9.17, 15) is 9.90 Å². The highest BCUT2D eigenvalue weighted by molar-refractivity contribution is 5.86. The third-order valence-electron chi connectivity index (χ3n) is 11.6. The van der Waals surface area contributed by atoms with Gasteiger partial charge in [0, 0.05) is 6.42 Å². The molecule has 4 aliphatic carbocycles. The van der Waals surface area contributed by atoms with Crippen LogP contribution in [0.3, 0.4) is 0 Å². The minimum absolute atomic E-state index is 0.00888. The Hall–Kier alpha value is -0.890. The van der Waals surface area contributed by atoms with Crippen molar-refractivity contribution in [1.82, 2.24) is 0 Å². The van der Waals surface area contributed by atoms with Crippen LogP contribution >= 0.6 is 0 Å². The number of allylic oxidation sites excluding steroid dienone is 4. The number of hydrogen-bond donors (Lipinski definition) is 1. The van der Waals surface area contributed by atoms with Gasteiger partial charge in [0.05, 0.1) is 12.0 Å². The molecule has 0 radical (unpaired) electrons. The Balaban J connectivity index is 1.66. The summed E-state index contributed by atoms with van der Waals surface area (Å²) in [6.45, 7) is 16.7. The molecule has 0 aromatic heterocycles. The minimum atomic E-state index is -0.551. The maximum atomic E-state index is 12.9. The van der Waals surface area contributed by atoms with E-state index in [0.717, 1.165) is 31.1 Å². The maximum absolute atomic E-state index is 12.9. The van der Waals surface area contributed by atoms with Gasteiger partial charge in [-0.15, -0.1) is 0 Å². The van der Waals surface area contributed by atoms with Gasteiger partial charge >= 0.3 is 0 Å². The normalized spacial score (nSPS) is 44.6. The Bertz CT molecular complexity index is 832.